The first-order chi connectivity index (χ1) is 23.3. The van der Waals surface area contributed by atoms with Gasteiger partial charge in [-0.3, -0.25) is 0 Å². The lowest BCUT2D eigenvalue weighted by molar-refractivity contribution is 0.620. The molecule has 222 valence electrons. The normalized spacial score (nSPS) is 11.4. The Kier molecular flexibility index (Phi) is 6.43. The standard InChI is InChI=1S/C43H28N2O2/c1-5-14-29(15-6-1)32-24-25-38(35(26-32)30-16-7-2-8-17-30)45(33-20-11-4-12-21-33)39-23-13-22-34-36-27-41-37(28-40(36)46-42(34)39)44-43(47-41)31-18-9-3-10-19-31/h1-28H. The molecule has 9 aromatic rings. The number of benzene rings is 7. The fourth-order valence-electron chi connectivity index (χ4n) is 6.46. The summed E-state index contributed by atoms with van der Waals surface area (Å²) in [6.07, 6.45) is 0. The first kappa shape index (κ1) is 27.0. The number of aromatic nitrogens is 1. The highest BCUT2D eigenvalue weighted by Crippen LogP contribution is 2.46. The summed E-state index contributed by atoms with van der Waals surface area (Å²) in [6.45, 7) is 0. The van der Waals surface area contributed by atoms with Crippen LogP contribution < -0.4 is 4.90 Å². The van der Waals surface area contributed by atoms with E-state index in [0.717, 1.165) is 72.4 Å². The third-order valence-electron chi connectivity index (χ3n) is 8.69. The summed E-state index contributed by atoms with van der Waals surface area (Å²) in [7, 11) is 0. The third kappa shape index (κ3) is 4.75. The van der Waals surface area contributed by atoms with Gasteiger partial charge < -0.3 is 13.7 Å². The second-order valence-electron chi connectivity index (χ2n) is 11.6. The Labute approximate surface area is 271 Å². The number of para-hydroxylation sites is 2. The van der Waals surface area contributed by atoms with Crippen molar-refractivity contribution in [3.8, 4) is 33.7 Å². The molecule has 2 heterocycles. The predicted octanol–water partition coefficient (Wildman–Crippen LogP) is 12.2. The summed E-state index contributed by atoms with van der Waals surface area (Å²) in [5.74, 6) is 0.598. The number of nitrogens with zero attached hydrogens (tertiary/aromatic N) is 2. The molecule has 4 nitrogen and oxygen atoms in total. The summed E-state index contributed by atoms with van der Waals surface area (Å²) < 4.78 is 13.0. The van der Waals surface area contributed by atoms with Crippen LogP contribution in [0.1, 0.15) is 0 Å². The quantitative estimate of drug-likeness (QED) is 0.189. The monoisotopic (exact) mass is 604 g/mol. The second-order valence-corrected chi connectivity index (χ2v) is 11.6. The van der Waals surface area contributed by atoms with Gasteiger partial charge in [-0.15, -0.1) is 0 Å². The number of hydrogen-bond acceptors (Lipinski definition) is 4. The van der Waals surface area contributed by atoms with Crippen LogP contribution in [0.2, 0.25) is 0 Å². The molecule has 0 aliphatic heterocycles. The fraction of sp³-hybridized carbons (Fsp3) is 0. The highest BCUT2D eigenvalue weighted by Gasteiger charge is 2.23. The number of anilines is 3. The molecule has 4 heteroatoms. The Bertz CT molecular complexity index is 2500. The van der Waals surface area contributed by atoms with Gasteiger partial charge in [-0.05, 0) is 65.2 Å². The Morgan fingerprint density at radius 2 is 1.09 bits per heavy atom. The molecule has 0 saturated heterocycles. The number of fused-ring (bicyclic) bond motifs is 4. The Hall–Kier alpha value is -6.39. The molecular weight excluding hydrogens is 576 g/mol. The van der Waals surface area contributed by atoms with Gasteiger partial charge in [0.05, 0.1) is 11.4 Å². The molecular formula is C43H28N2O2. The van der Waals surface area contributed by atoms with E-state index in [1.54, 1.807) is 0 Å². The summed E-state index contributed by atoms with van der Waals surface area (Å²) in [4.78, 5) is 7.10. The van der Waals surface area contributed by atoms with E-state index in [9.17, 15) is 0 Å². The lowest BCUT2D eigenvalue weighted by Crippen LogP contribution is -2.11. The molecule has 0 N–H and O–H groups in total. The van der Waals surface area contributed by atoms with Crippen LogP contribution in [-0.4, -0.2) is 4.98 Å². The predicted molar refractivity (Wildman–Crippen MR) is 192 cm³/mol. The fourth-order valence-corrected chi connectivity index (χ4v) is 6.46. The first-order valence-corrected chi connectivity index (χ1v) is 15.7. The highest BCUT2D eigenvalue weighted by molar-refractivity contribution is 6.13. The van der Waals surface area contributed by atoms with Crippen molar-refractivity contribution in [3.63, 3.8) is 0 Å². The number of oxazole rings is 1. The van der Waals surface area contributed by atoms with Crippen LogP contribution >= 0.6 is 0 Å². The zero-order chi connectivity index (χ0) is 31.2. The van der Waals surface area contributed by atoms with E-state index in [0.29, 0.717) is 5.89 Å². The van der Waals surface area contributed by atoms with Gasteiger partial charge in [0, 0.05) is 33.7 Å². The van der Waals surface area contributed by atoms with Crippen LogP contribution in [0.25, 0.3) is 66.7 Å². The van der Waals surface area contributed by atoms with E-state index < -0.39 is 0 Å². The lowest BCUT2D eigenvalue weighted by atomic mass is 9.96. The van der Waals surface area contributed by atoms with Crippen LogP contribution in [-0.2, 0) is 0 Å². The molecule has 0 atom stereocenters. The van der Waals surface area contributed by atoms with Crippen molar-refractivity contribution in [1.29, 1.82) is 0 Å². The number of furan rings is 1. The Balaban J connectivity index is 1.26. The van der Waals surface area contributed by atoms with Crippen molar-refractivity contribution >= 4 is 50.1 Å². The number of hydrogen-bond donors (Lipinski definition) is 0. The van der Waals surface area contributed by atoms with Crippen LogP contribution in [0.4, 0.5) is 17.1 Å². The minimum atomic E-state index is 0.598. The maximum absolute atomic E-state index is 6.75. The van der Waals surface area contributed by atoms with Gasteiger partial charge in [0.2, 0.25) is 5.89 Å². The Morgan fingerprint density at radius 1 is 0.426 bits per heavy atom. The minimum absolute atomic E-state index is 0.598. The average molecular weight is 605 g/mol. The maximum atomic E-state index is 6.75. The van der Waals surface area contributed by atoms with Gasteiger partial charge in [-0.25, -0.2) is 4.98 Å². The van der Waals surface area contributed by atoms with E-state index in [1.165, 1.54) is 5.56 Å². The van der Waals surface area contributed by atoms with Gasteiger partial charge in [0.15, 0.2) is 11.2 Å². The van der Waals surface area contributed by atoms with Gasteiger partial charge >= 0.3 is 0 Å². The molecule has 0 saturated carbocycles. The second kappa shape index (κ2) is 11.2. The van der Waals surface area contributed by atoms with Crippen molar-refractivity contribution in [2.45, 2.75) is 0 Å². The third-order valence-corrected chi connectivity index (χ3v) is 8.69. The molecule has 0 unspecified atom stereocenters. The molecule has 0 aliphatic rings. The van der Waals surface area contributed by atoms with Crippen LogP contribution in [0.5, 0.6) is 0 Å². The summed E-state index contributed by atoms with van der Waals surface area (Å²) >= 11 is 0. The molecule has 2 aromatic heterocycles. The summed E-state index contributed by atoms with van der Waals surface area (Å²) in [6, 6.07) is 58.7. The number of rotatable bonds is 6. The van der Waals surface area contributed by atoms with Crippen molar-refractivity contribution < 1.29 is 8.83 Å². The van der Waals surface area contributed by atoms with Crippen molar-refractivity contribution in [2.75, 3.05) is 4.90 Å². The van der Waals surface area contributed by atoms with E-state index in [2.05, 4.69) is 132 Å². The maximum Gasteiger partial charge on any atom is 0.227 e. The average Bonchev–Trinajstić information content (AvgIpc) is 3.73. The van der Waals surface area contributed by atoms with E-state index in [4.69, 9.17) is 13.8 Å². The van der Waals surface area contributed by atoms with E-state index >= 15 is 0 Å². The van der Waals surface area contributed by atoms with Crippen LogP contribution in [0.15, 0.2) is 179 Å². The first-order valence-electron chi connectivity index (χ1n) is 15.7. The molecule has 0 fully saturated rings. The van der Waals surface area contributed by atoms with Crippen molar-refractivity contribution in [3.05, 3.63) is 170 Å². The van der Waals surface area contributed by atoms with Gasteiger partial charge in [0.25, 0.3) is 0 Å². The van der Waals surface area contributed by atoms with Crippen LogP contribution in [0.3, 0.4) is 0 Å². The molecule has 7 aromatic carbocycles. The minimum Gasteiger partial charge on any atom is -0.454 e. The summed E-state index contributed by atoms with van der Waals surface area (Å²) in [5.41, 5.74) is 11.6. The van der Waals surface area contributed by atoms with Crippen molar-refractivity contribution in [1.82, 2.24) is 4.98 Å². The van der Waals surface area contributed by atoms with Gasteiger partial charge in [-0.2, -0.15) is 0 Å². The highest BCUT2D eigenvalue weighted by atomic mass is 16.4. The van der Waals surface area contributed by atoms with E-state index in [-0.39, 0.29) is 0 Å². The smallest absolute Gasteiger partial charge is 0.227 e. The molecule has 0 amide bonds. The SMILES string of the molecule is c1ccc(-c2ccc(N(c3ccccc3)c3cccc4c3oc3cc5nc(-c6ccccc6)oc5cc34)c(-c3ccccc3)c2)cc1. The lowest BCUT2D eigenvalue weighted by Gasteiger charge is -2.28. The van der Waals surface area contributed by atoms with E-state index in [1.807, 2.05) is 42.5 Å². The molecule has 9 rings (SSSR count). The molecule has 0 aliphatic carbocycles. The topological polar surface area (TPSA) is 42.4 Å². The molecule has 0 spiro atoms. The summed E-state index contributed by atoms with van der Waals surface area (Å²) in [5, 5.41) is 2.00. The van der Waals surface area contributed by atoms with Gasteiger partial charge in [-0.1, -0.05) is 115 Å². The largest absolute Gasteiger partial charge is 0.454 e. The molecule has 47 heavy (non-hydrogen) atoms. The zero-order valence-electron chi connectivity index (χ0n) is 25.4. The van der Waals surface area contributed by atoms with Gasteiger partial charge in [0.1, 0.15) is 11.1 Å². The van der Waals surface area contributed by atoms with Crippen LogP contribution in [0, 0.1) is 0 Å². The Morgan fingerprint density at radius 3 is 1.81 bits per heavy atom. The van der Waals surface area contributed by atoms with Crippen molar-refractivity contribution in [2.24, 2.45) is 0 Å². The molecule has 0 bridgehead atoms. The molecule has 0 radical (unpaired) electrons. The zero-order valence-corrected chi connectivity index (χ0v) is 25.4.